The SMILES string of the molecule is CN(C)C(CCC(=O)NNC(=O)C1CC1)c1ccccc1. The van der Waals surface area contributed by atoms with Crippen molar-refractivity contribution < 1.29 is 9.59 Å². The van der Waals surface area contributed by atoms with Gasteiger partial charge in [-0.1, -0.05) is 30.3 Å². The van der Waals surface area contributed by atoms with E-state index in [2.05, 4.69) is 27.9 Å². The van der Waals surface area contributed by atoms with Crippen LogP contribution in [0, 0.1) is 5.92 Å². The molecule has 21 heavy (non-hydrogen) atoms. The minimum Gasteiger partial charge on any atom is -0.302 e. The molecule has 114 valence electrons. The van der Waals surface area contributed by atoms with Gasteiger partial charge in [0.1, 0.15) is 0 Å². The maximum atomic E-state index is 11.8. The first-order valence-electron chi connectivity index (χ1n) is 7.38. The summed E-state index contributed by atoms with van der Waals surface area (Å²) in [7, 11) is 4.01. The Hall–Kier alpha value is -1.88. The molecule has 0 aromatic heterocycles. The Morgan fingerprint density at radius 2 is 1.86 bits per heavy atom. The highest BCUT2D eigenvalue weighted by Crippen LogP contribution is 2.28. The van der Waals surface area contributed by atoms with Crippen LogP contribution >= 0.6 is 0 Å². The zero-order valence-corrected chi connectivity index (χ0v) is 12.6. The van der Waals surface area contributed by atoms with E-state index in [4.69, 9.17) is 0 Å². The summed E-state index contributed by atoms with van der Waals surface area (Å²) in [5.74, 6) is -0.119. The molecule has 1 unspecified atom stereocenters. The first kappa shape index (κ1) is 15.5. The van der Waals surface area contributed by atoms with Gasteiger partial charge in [-0.2, -0.15) is 0 Å². The summed E-state index contributed by atoms with van der Waals surface area (Å²) in [6.45, 7) is 0. The number of hydrogen-bond donors (Lipinski definition) is 2. The smallest absolute Gasteiger partial charge is 0.241 e. The number of carbonyl (C=O) groups is 2. The van der Waals surface area contributed by atoms with E-state index in [1.54, 1.807) is 0 Å². The molecule has 0 heterocycles. The first-order chi connectivity index (χ1) is 10.1. The second-order valence-electron chi connectivity index (χ2n) is 5.74. The molecule has 2 N–H and O–H groups in total. The molecule has 1 fully saturated rings. The van der Waals surface area contributed by atoms with Gasteiger partial charge >= 0.3 is 0 Å². The lowest BCUT2D eigenvalue weighted by molar-refractivity contribution is -0.129. The number of carbonyl (C=O) groups excluding carboxylic acids is 2. The molecule has 1 aromatic carbocycles. The van der Waals surface area contributed by atoms with Gasteiger partial charge in [0, 0.05) is 18.4 Å². The quantitative estimate of drug-likeness (QED) is 0.782. The average Bonchev–Trinajstić information content (AvgIpc) is 3.30. The van der Waals surface area contributed by atoms with E-state index in [-0.39, 0.29) is 23.8 Å². The van der Waals surface area contributed by atoms with Crippen LogP contribution in [-0.4, -0.2) is 30.8 Å². The number of benzene rings is 1. The molecule has 0 spiro atoms. The van der Waals surface area contributed by atoms with Crippen molar-refractivity contribution in [3.05, 3.63) is 35.9 Å². The monoisotopic (exact) mass is 289 g/mol. The summed E-state index contributed by atoms with van der Waals surface area (Å²) in [6, 6.07) is 10.3. The number of nitrogens with zero attached hydrogens (tertiary/aromatic N) is 1. The fourth-order valence-corrected chi connectivity index (χ4v) is 2.31. The van der Waals surface area contributed by atoms with E-state index in [9.17, 15) is 9.59 Å². The third kappa shape index (κ3) is 4.86. The van der Waals surface area contributed by atoms with E-state index in [0.717, 1.165) is 12.8 Å². The molecule has 1 saturated carbocycles. The van der Waals surface area contributed by atoms with Crippen molar-refractivity contribution in [1.29, 1.82) is 0 Å². The highest BCUT2D eigenvalue weighted by atomic mass is 16.2. The Labute approximate surface area is 125 Å². The number of amides is 2. The second-order valence-corrected chi connectivity index (χ2v) is 5.74. The minimum atomic E-state index is -0.146. The number of rotatable bonds is 6. The van der Waals surface area contributed by atoms with Crippen LogP contribution in [0.15, 0.2) is 30.3 Å². The van der Waals surface area contributed by atoms with E-state index in [0.29, 0.717) is 12.8 Å². The van der Waals surface area contributed by atoms with E-state index in [1.807, 2.05) is 32.3 Å². The van der Waals surface area contributed by atoms with Gasteiger partial charge in [0.15, 0.2) is 0 Å². The van der Waals surface area contributed by atoms with Crippen LogP contribution in [0.25, 0.3) is 0 Å². The summed E-state index contributed by atoms with van der Waals surface area (Å²) in [5.41, 5.74) is 6.17. The van der Waals surface area contributed by atoms with Crippen molar-refractivity contribution in [2.75, 3.05) is 14.1 Å². The predicted molar refractivity (Wildman–Crippen MR) is 81.1 cm³/mol. The summed E-state index contributed by atoms with van der Waals surface area (Å²) in [4.78, 5) is 25.4. The van der Waals surface area contributed by atoms with Crippen LogP contribution in [0.4, 0.5) is 0 Å². The highest BCUT2D eigenvalue weighted by Gasteiger charge is 2.29. The number of hydrogen-bond acceptors (Lipinski definition) is 3. The third-order valence-electron chi connectivity index (χ3n) is 3.73. The Balaban J connectivity index is 1.78. The summed E-state index contributed by atoms with van der Waals surface area (Å²) < 4.78 is 0. The molecule has 0 aliphatic heterocycles. The van der Waals surface area contributed by atoms with Crippen LogP contribution in [0.1, 0.15) is 37.3 Å². The summed E-state index contributed by atoms with van der Waals surface area (Å²) >= 11 is 0. The molecule has 1 aliphatic rings. The molecule has 1 aliphatic carbocycles. The number of hydrazine groups is 1. The lowest BCUT2D eigenvalue weighted by atomic mass is 10.0. The van der Waals surface area contributed by atoms with Crippen LogP contribution in [0.2, 0.25) is 0 Å². The minimum absolute atomic E-state index is 0.0735. The maximum absolute atomic E-state index is 11.8. The fraction of sp³-hybridized carbons (Fsp3) is 0.500. The largest absolute Gasteiger partial charge is 0.302 e. The van der Waals surface area contributed by atoms with Gasteiger partial charge in [-0.15, -0.1) is 0 Å². The standard InChI is InChI=1S/C16H23N3O2/c1-19(2)14(12-6-4-3-5-7-12)10-11-15(20)17-18-16(21)13-8-9-13/h3-7,13-14H,8-11H2,1-2H3,(H,17,20)(H,18,21). The zero-order chi connectivity index (χ0) is 15.2. The average molecular weight is 289 g/mol. The Bertz CT molecular complexity index is 484. The topological polar surface area (TPSA) is 61.4 Å². The molecule has 5 nitrogen and oxygen atoms in total. The van der Waals surface area contributed by atoms with Gasteiger partial charge in [0.05, 0.1) is 0 Å². The van der Waals surface area contributed by atoms with Crippen LogP contribution < -0.4 is 10.9 Å². The van der Waals surface area contributed by atoms with Gasteiger partial charge in [-0.25, -0.2) is 0 Å². The molecule has 5 heteroatoms. The van der Waals surface area contributed by atoms with Gasteiger partial charge < -0.3 is 4.90 Å². The van der Waals surface area contributed by atoms with Crippen molar-refractivity contribution in [2.45, 2.75) is 31.7 Å². The normalized spacial score (nSPS) is 15.6. The van der Waals surface area contributed by atoms with Crippen LogP contribution in [0.3, 0.4) is 0 Å². The van der Waals surface area contributed by atoms with Gasteiger partial charge in [0.25, 0.3) is 0 Å². The second kappa shape index (κ2) is 7.22. The van der Waals surface area contributed by atoms with Crippen molar-refractivity contribution >= 4 is 11.8 Å². The van der Waals surface area contributed by atoms with Gasteiger partial charge in [0.2, 0.25) is 11.8 Å². The van der Waals surface area contributed by atoms with Crippen LogP contribution in [-0.2, 0) is 9.59 Å². The zero-order valence-electron chi connectivity index (χ0n) is 12.6. The fourth-order valence-electron chi connectivity index (χ4n) is 2.31. The van der Waals surface area contributed by atoms with Crippen molar-refractivity contribution in [1.82, 2.24) is 15.8 Å². The summed E-state index contributed by atoms with van der Waals surface area (Å²) in [5, 5.41) is 0. The lowest BCUT2D eigenvalue weighted by Gasteiger charge is -2.24. The van der Waals surface area contributed by atoms with Crippen molar-refractivity contribution in [3.8, 4) is 0 Å². The molecular weight excluding hydrogens is 266 g/mol. The highest BCUT2D eigenvalue weighted by molar-refractivity contribution is 5.84. The van der Waals surface area contributed by atoms with Gasteiger partial charge in [-0.05, 0) is 38.9 Å². The Morgan fingerprint density at radius 1 is 1.19 bits per heavy atom. The molecule has 2 rings (SSSR count). The van der Waals surface area contributed by atoms with E-state index >= 15 is 0 Å². The molecule has 0 bridgehead atoms. The first-order valence-corrected chi connectivity index (χ1v) is 7.38. The third-order valence-corrected chi connectivity index (χ3v) is 3.73. The Kier molecular flexibility index (Phi) is 5.33. The molecule has 1 atom stereocenters. The number of nitrogens with one attached hydrogen (secondary N) is 2. The van der Waals surface area contributed by atoms with Crippen molar-refractivity contribution in [3.63, 3.8) is 0 Å². The molecule has 1 aromatic rings. The Morgan fingerprint density at radius 3 is 2.43 bits per heavy atom. The summed E-state index contributed by atoms with van der Waals surface area (Å²) in [6.07, 6.45) is 2.95. The molecular formula is C16H23N3O2. The van der Waals surface area contributed by atoms with E-state index < -0.39 is 0 Å². The predicted octanol–water partition coefficient (Wildman–Crippen LogP) is 1.63. The van der Waals surface area contributed by atoms with Crippen LogP contribution in [0.5, 0.6) is 0 Å². The van der Waals surface area contributed by atoms with Crippen molar-refractivity contribution in [2.24, 2.45) is 5.92 Å². The molecule has 2 amide bonds. The maximum Gasteiger partial charge on any atom is 0.241 e. The molecule has 0 saturated heterocycles. The lowest BCUT2D eigenvalue weighted by Crippen LogP contribution is -2.42. The van der Waals surface area contributed by atoms with E-state index in [1.165, 1.54) is 5.56 Å². The van der Waals surface area contributed by atoms with Gasteiger partial charge in [-0.3, -0.25) is 20.4 Å². The molecule has 0 radical (unpaired) electrons.